The van der Waals surface area contributed by atoms with Gasteiger partial charge in [-0.1, -0.05) is 87.0 Å². The normalized spacial score (nSPS) is 16.9. The van der Waals surface area contributed by atoms with E-state index in [0.29, 0.717) is 47.7 Å². The number of nitrogens with two attached hydrogens (primary N) is 1. The highest BCUT2D eigenvalue weighted by Gasteiger charge is 2.47. The molecule has 6 aliphatic heterocycles. The van der Waals surface area contributed by atoms with Gasteiger partial charge in [0.2, 0.25) is 23.6 Å². The average molecular weight is 1710 g/mol. The predicted molar refractivity (Wildman–Crippen MR) is 435 cm³/mol. The number of carbonyl (C=O) groups is 13. The predicted octanol–water partition coefficient (Wildman–Crippen LogP) is 11.8. The Morgan fingerprint density at radius 1 is 0.529 bits per heavy atom. The number of aromatic nitrogens is 6. The number of nitrogens with zero attached hydrogens (tertiary/aromatic N) is 10. The van der Waals surface area contributed by atoms with Crippen LogP contribution in [0.5, 0.6) is 0 Å². The molecule has 10 heterocycles. The number of unbranched alkanes of at least 4 members (excludes halogenated alkanes) is 7. The zero-order valence-electron chi connectivity index (χ0n) is 64.8. The molecule has 626 valence electrons. The van der Waals surface area contributed by atoms with Crippen LogP contribution in [-0.4, -0.2) is 176 Å². The number of piperidine rings is 2. The van der Waals surface area contributed by atoms with E-state index in [-0.39, 0.29) is 96.9 Å². The van der Waals surface area contributed by atoms with E-state index in [1.165, 1.54) is 46.2 Å². The summed E-state index contributed by atoms with van der Waals surface area (Å²) in [5.74, 6) is -6.32. The standard InChI is InChI=1S/C40H40ClN7O6S.C20H24N4O5.C19H17ClN4O2S.C2HF3O2.CH4/c1-21-22(2)55-40-33(21)34(24-10-13-26(41)14-11-24)43-30(35-46-45-23(3)47(35)40)20-27(49)9-7-5-4-6-8-18-42-36(51)25-12-15-28-29(19-25)39(54)48(38(28)53)31-16-17-32(50)44-37(31)52;21-9-3-1-2-4-10-22-17(26)12-5-6-13-14(11-12)20(29)24(19(13)28)15-7-8-16(25)23-18(15)27;1-9-10(2)27-19-16(9)17(12-4-6-13(20)7-5-12)21-14(8-15(25)26)18-23-22-11(3)24(18)19;3-2(4,5)1(6)7;/h10-15,19,30-31H,4-9,16-18,20H2,1-3H3,(H,42,51)(H,44,50,52);5-6,11,15H,1-4,7-10,21H2,(H,22,26)(H,23,25,27);4-7,14H,8H2,1-3H3,(H,25,26);(H,6,7);1H4/t30-,31?;;14-;;/m0.0../s1. The van der Waals surface area contributed by atoms with Crippen molar-refractivity contribution in [2.24, 2.45) is 15.7 Å². The van der Waals surface area contributed by atoms with Crippen molar-refractivity contribution < 1.29 is 85.7 Å². The number of hydrogen-bond donors (Lipinski definition) is 7. The fraction of sp³-hybridized carbons (Fsp3) is 0.378. The number of halogens is 5. The van der Waals surface area contributed by atoms with E-state index in [9.17, 15) is 75.8 Å². The average Bonchev–Trinajstić information content (AvgIpc) is 1.61. The molecule has 10 amide bonds. The van der Waals surface area contributed by atoms with Crippen molar-refractivity contribution in [2.45, 2.75) is 182 Å². The van der Waals surface area contributed by atoms with Gasteiger partial charge in [0.15, 0.2) is 11.6 Å². The summed E-state index contributed by atoms with van der Waals surface area (Å²) in [6.45, 7) is 13.7. The molecular weight excluding hydrogens is 1630 g/mol. The molecular formula is C82H86Cl2F3N15O15S2. The Morgan fingerprint density at radius 2 is 0.908 bits per heavy atom. The molecule has 37 heteroatoms. The van der Waals surface area contributed by atoms with Crippen molar-refractivity contribution in [2.75, 3.05) is 19.6 Å². The molecule has 8 N–H and O–H groups in total. The van der Waals surface area contributed by atoms with E-state index < -0.39 is 89.5 Å². The second-order valence-electron chi connectivity index (χ2n) is 28.6. The number of ketones is 1. The molecule has 6 aliphatic rings. The number of aliphatic imine (C=N–C) groups is 2. The number of amides is 10. The molecule has 4 aromatic heterocycles. The molecule has 2 unspecified atom stereocenters. The van der Waals surface area contributed by atoms with Crippen LogP contribution in [0.2, 0.25) is 10.0 Å². The fourth-order valence-electron chi connectivity index (χ4n) is 14.2. The van der Waals surface area contributed by atoms with Crippen molar-refractivity contribution in [1.29, 1.82) is 0 Å². The summed E-state index contributed by atoms with van der Waals surface area (Å²) in [7, 11) is 0. The van der Waals surface area contributed by atoms with Crippen LogP contribution in [0.1, 0.15) is 251 Å². The topological polar surface area (TPSA) is 429 Å². The smallest absolute Gasteiger partial charge is 0.481 e. The Balaban J connectivity index is 0.000000195. The Bertz CT molecular complexity index is 5420. The number of alkyl halides is 3. The highest BCUT2D eigenvalue weighted by Crippen LogP contribution is 2.43. The second kappa shape index (κ2) is 38.8. The quantitative estimate of drug-likeness (QED) is 0.0218. The van der Waals surface area contributed by atoms with Gasteiger partial charge in [-0.2, -0.15) is 13.2 Å². The molecule has 0 aliphatic carbocycles. The lowest BCUT2D eigenvalue weighted by Gasteiger charge is -2.27. The van der Waals surface area contributed by atoms with E-state index in [0.717, 1.165) is 134 Å². The maximum absolute atomic E-state index is 13.4. The summed E-state index contributed by atoms with van der Waals surface area (Å²) in [5.41, 5.74) is 14.1. The van der Waals surface area contributed by atoms with Gasteiger partial charge in [0, 0.05) is 92.0 Å². The van der Waals surface area contributed by atoms with Gasteiger partial charge >= 0.3 is 18.1 Å². The summed E-state index contributed by atoms with van der Waals surface area (Å²) in [6.07, 6.45) is 3.48. The lowest BCUT2D eigenvalue weighted by molar-refractivity contribution is -0.192. The van der Waals surface area contributed by atoms with E-state index in [2.05, 4.69) is 69.4 Å². The first-order valence-electron chi connectivity index (χ1n) is 37.9. The molecule has 4 atom stereocenters. The second-order valence-corrected chi connectivity index (χ2v) is 31.9. The number of thiophene rings is 2. The zero-order valence-corrected chi connectivity index (χ0v) is 67.9. The summed E-state index contributed by atoms with van der Waals surface area (Å²) < 4.78 is 35.7. The number of carboxylic acid groups (broad SMARTS) is 2. The number of aryl methyl sites for hydroxylation is 4. The first kappa shape index (κ1) is 89.7. The maximum Gasteiger partial charge on any atom is 0.490 e. The van der Waals surface area contributed by atoms with Gasteiger partial charge in [-0.15, -0.1) is 43.1 Å². The van der Waals surface area contributed by atoms with Crippen LogP contribution >= 0.6 is 45.9 Å². The third-order valence-electron chi connectivity index (χ3n) is 20.5. The summed E-state index contributed by atoms with van der Waals surface area (Å²) in [5, 5.41) is 47.1. The largest absolute Gasteiger partial charge is 0.490 e. The minimum atomic E-state index is -5.08. The van der Waals surface area contributed by atoms with Crippen LogP contribution in [0.4, 0.5) is 13.2 Å². The van der Waals surface area contributed by atoms with Crippen LogP contribution in [0, 0.1) is 41.5 Å². The molecule has 0 radical (unpaired) electrons. The number of benzene rings is 4. The Hall–Kier alpha value is -11.7. The molecule has 0 spiro atoms. The van der Waals surface area contributed by atoms with Crippen LogP contribution < -0.4 is 27.0 Å². The van der Waals surface area contributed by atoms with Crippen molar-refractivity contribution in [1.82, 2.24) is 60.6 Å². The Labute approximate surface area is 698 Å². The van der Waals surface area contributed by atoms with E-state index in [1.807, 2.05) is 71.5 Å². The molecule has 0 bridgehead atoms. The lowest BCUT2D eigenvalue weighted by Crippen LogP contribution is -2.54. The molecule has 4 aromatic carbocycles. The zero-order chi connectivity index (χ0) is 85.3. The van der Waals surface area contributed by atoms with Crippen LogP contribution in [-0.2, 0) is 33.6 Å². The number of rotatable bonds is 24. The van der Waals surface area contributed by atoms with Gasteiger partial charge < -0.3 is 26.6 Å². The van der Waals surface area contributed by atoms with Crippen LogP contribution in [0.25, 0.3) is 10.0 Å². The molecule has 14 rings (SSSR count). The van der Waals surface area contributed by atoms with Crippen molar-refractivity contribution in [3.63, 3.8) is 0 Å². The Morgan fingerprint density at radius 3 is 1.29 bits per heavy atom. The molecule has 119 heavy (non-hydrogen) atoms. The van der Waals surface area contributed by atoms with Gasteiger partial charge in [0.05, 0.1) is 40.1 Å². The molecule has 0 saturated carbocycles. The van der Waals surface area contributed by atoms with Gasteiger partial charge in [-0.3, -0.25) is 97.1 Å². The first-order valence-corrected chi connectivity index (χ1v) is 40.3. The number of nitrogens with one attached hydrogen (secondary N) is 4. The minimum Gasteiger partial charge on any atom is -0.481 e. The van der Waals surface area contributed by atoms with Crippen molar-refractivity contribution >= 4 is 134 Å². The molecule has 2 fully saturated rings. The summed E-state index contributed by atoms with van der Waals surface area (Å²) >= 11 is 15.6. The van der Waals surface area contributed by atoms with E-state index in [4.69, 9.17) is 48.8 Å². The number of carboxylic acids is 2. The highest BCUT2D eigenvalue weighted by molar-refractivity contribution is 7.15. The number of fused-ring (bicyclic) bond motifs is 8. The number of imide groups is 4. The van der Waals surface area contributed by atoms with E-state index >= 15 is 0 Å². The molecule has 2 saturated heterocycles. The molecule has 8 aromatic rings. The SMILES string of the molecule is C.Cc1sc2c(c1C)C(c1ccc(Cl)cc1)=N[C@@H](CC(=O)CCCCCCCNC(=O)c1ccc3c(c1)C(=O)N(C1CCC(=O)NC1=O)C3=O)c1nnc(C)n1-2.Cc1sc2c(c1C)C(c1ccc(Cl)cc1)=N[C@@H](CC(=O)O)c1nnc(C)n1-2.NCCCCCCNC(=O)c1ccc2c(c1)C(=O)N(C1CCC(=O)NC1=O)C2=O.O=C(O)C(F)(F)F. The highest BCUT2D eigenvalue weighted by atomic mass is 35.5. The monoisotopic (exact) mass is 1710 g/mol. The summed E-state index contributed by atoms with van der Waals surface area (Å²) in [4.78, 5) is 172. The Kier molecular flexibility index (Phi) is 29.3. The van der Waals surface area contributed by atoms with Crippen LogP contribution in [0.15, 0.2) is 94.9 Å². The van der Waals surface area contributed by atoms with Crippen LogP contribution in [0.3, 0.4) is 0 Å². The number of aliphatic carboxylic acids is 2. The fourth-order valence-corrected chi connectivity index (χ4v) is 16.9. The first-order chi connectivity index (χ1) is 56.2. The number of carbonyl (C=O) groups excluding carboxylic acids is 11. The summed E-state index contributed by atoms with van der Waals surface area (Å²) in [6, 6.07) is 20.4. The van der Waals surface area contributed by atoms with Gasteiger partial charge in [0.25, 0.3) is 35.4 Å². The molecule has 30 nitrogen and oxygen atoms in total. The number of hydrogen-bond acceptors (Lipinski definition) is 22. The van der Waals surface area contributed by atoms with Gasteiger partial charge in [-0.25, -0.2) is 4.79 Å². The minimum absolute atomic E-state index is 0. The number of Topliss-reactive ketones (excluding diaryl/α,β-unsaturated/α-hetero) is 1. The van der Waals surface area contributed by atoms with Gasteiger partial charge in [-0.05, 0) is 158 Å². The third-order valence-corrected chi connectivity index (χ3v) is 23.4. The lowest BCUT2D eigenvalue weighted by atomic mass is 9.99. The maximum atomic E-state index is 13.4. The van der Waals surface area contributed by atoms with Gasteiger partial charge in [0.1, 0.15) is 51.6 Å². The van der Waals surface area contributed by atoms with Crippen molar-refractivity contribution in [3.05, 3.63) is 195 Å². The van der Waals surface area contributed by atoms with E-state index in [1.54, 1.807) is 22.7 Å². The van der Waals surface area contributed by atoms with Crippen molar-refractivity contribution in [3.8, 4) is 10.0 Å². The third kappa shape index (κ3) is 20.2.